The van der Waals surface area contributed by atoms with Crippen molar-refractivity contribution in [3.8, 4) is 23.5 Å². The van der Waals surface area contributed by atoms with Gasteiger partial charge in [0.1, 0.15) is 11.3 Å². The van der Waals surface area contributed by atoms with Crippen molar-refractivity contribution >= 4 is 17.6 Å². The second kappa shape index (κ2) is 8.53. The number of hydrogen-bond acceptors (Lipinski definition) is 7. The van der Waals surface area contributed by atoms with Gasteiger partial charge in [-0.05, 0) is 25.0 Å². The van der Waals surface area contributed by atoms with Crippen LogP contribution in [0.15, 0.2) is 18.2 Å². The maximum Gasteiger partial charge on any atom is 0.343 e. The van der Waals surface area contributed by atoms with Crippen LogP contribution in [0.1, 0.15) is 29.3 Å². The van der Waals surface area contributed by atoms with Gasteiger partial charge in [-0.15, -0.1) is 0 Å². The summed E-state index contributed by atoms with van der Waals surface area (Å²) in [5, 5.41) is 0.219. The first-order chi connectivity index (χ1) is 12.0. The number of methoxy groups -OCH3 is 2. The van der Waals surface area contributed by atoms with E-state index in [0.29, 0.717) is 12.0 Å². The number of halogens is 1. The molecule has 134 valence electrons. The molecule has 0 bridgehead atoms. The SMILES string of the molecule is CCCOC(=O)c1c(Cl)ccc(C)c1Oc1nc(OC)cc(OC)n1. The standard InChI is InChI=1S/C17H19ClN2O5/c1-5-8-24-16(21)14-11(18)7-6-10(2)15(14)25-17-19-12(22-3)9-13(20-17)23-4/h6-7,9H,5,8H2,1-4H3. The van der Waals surface area contributed by atoms with Crippen molar-refractivity contribution in [2.45, 2.75) is 20.3 Å². The number of carbonyl (C=O) groups excluding carboxylic acids is 1. The number of carbonyl (C=O) groups is 1. The van der Waals surface area contributed by atoms with Gasteiger partial charge in [-0.1, -0.05) is 24.6 Å². The van der Waals surface area contributed by atoms with Gasteiger partial charge < -0.3 is 18.9 Å². The van der Waals surface area contributed by atoms with Crippen LogP contribution >= 0.6 is 11.6 Å². The summed E-state index contributed by atoms with van der Waals surface area (Å²) in [7, 11) is 2.92. The Hall–Kier alpha value is -2.54. The highest BCUT2D eigenvalue weighted by molar-refractivity contribution is 6.34. The minimum Gasteiger partial charge on any atom is -0.481 e. The first kappa shape index (κ1) is 18.8. The van der Waals surface area contributed by atoms with E-state index >= 15 is 0 Å². The van der Waals surface area contributed by atoms with Crippen molar-refractivity contribution < 1.29 is 23.7 Å². The smallest absolute Gasteiger partial charge is 0.343 e. The number of aryl methyl sites for hydroxylation is 1. The molecule has 8 heteroatoms. The van der Waals surface area contributed by atoms with Crippen molar-refractivity contribution in [3.05, 3.63) is 34.3 Å². The zero-order chi connectivity index (χ0) is 18.4. The highest BCUT2D eigenvalue weighted by atomic mass is 35.5. The third-order valence-corrected chi connectivity index (χ3v) is 3.53. The van der Waals surface area contributed by atoms with Crippen molar-refractivity contribution in [1.29, 1.82) is 0 Å². The summed E-state index contributed by atoms with van der Waals surface area (Å²) < 4.78 is 21.1. The summed E-state index contributed by atoms with van der Waals surface area (Å²) in [5.41, 5.74) is 0.804. The van der Waals surface area contributed by atoms with E-state index in [0.717, 1.165) is 0 Å². The molecule has 0 fully saturated rings. The molecule has 7 nitrogen and oxygen atoms in total. The van der Waals surface area contributed by atoms with Crippen molar-refractivity contribution in [2.24, 2.45) is 0 Å². The molecule has 0 aliphatic carbocycles. The summed E-state index contributed by atoms with van der Waals surface area (Å²) in [6, 6.07) is 4.81. The maximum atomic E-state index is 12.4. The van der Waals surface area contributed by atoms with E-state index in [1.54, 1.807) is 19.1 Å². The second-order valence-electron chi connectivity index (χ2n) is 5.04. The van der Waals surface area contributed by atoms with Gasteiger partial charge >= 0.3 is 12.0 Å². The van der Waals surface area contributed by atoms with Crippen LogP contribution in [-0.2, 0) is 4.74 Å². The molecule has 0 radical (unpaired) electrons. The Balaban J connectivity index is 2.45. The largest absolute Gasteiger partial charge is 0.481 e. The summed E-state index contributed by atoms with van der Waals surface area (Å²) in [6.45, 7) is 3.96. The number of esters is 1. The molecule has 2 rings (SSSR count). The molecule has 0 N–H and O–H groups in total. The molecule has 25 heavy (non-hydrogen) atoms. The molecule has 0 unspecified atom stereocenters. The lowest BCUT2D eigenvalue weighted by atomic mass is 10.1. The minimum atomic E-state index is -0.569. The van der Waals surface area contributed by atoms with Crippen LogP contribution in [0.2, 0.25) is 5.02 Å². The molecule has 0 amide bonds. The summed E-state index contributed by atoms with van der Waals surface area (Å²) in [4.78, 5) is 20.6. The Morgan fingerprint density at radius 2 is 1.80 bits per heavy atom. The molecule has 0 aliphatic heterocycles. The number of hydrogen-bond donors (Lipinski definition) is 0. The molecule has 1 aromatic heterocycles. The fourth-order valence-corrected chi connectivity index (χ4v) is 2.21. The molecule has 2 aromatic rings. The van der Waals surface area contributed by atoms with Gasteiger partial charge in [0.15, 0.2) is 0 Å². The van der Waals surface area contributed by atoms with Crippen LogP contribution in [0.3, 0.4) is 0 Å². The Bertz CT molecular complexity index is 745. The minimum absolute atomic E-state index is 0.0360. The summed E-state index contributed by atoms with van der Waals surface area (Å²) in [6.07, 6.45) is 0.696. The highest BCUT2D eigenvalue weighted by Crippen LogP contribution is 2.34. The van der Waals surface area contributed by atoms with Crippen molar-refractivity contribution in [1.82, 2.24) is 9.97 Å². The van der Waals surface area contributed by atoms with E-state index in [2.05, 4.69) is 9.97 Å². The molecule has 0 saturated carbocycles. The molecular formula is C17H19ClN2O5. The predicted octanol–water partition coefficient (Wildman–Crippen LogP) is 3.81. The van der Waals surface area contributed by atoms with Crippen LogP contribution < -0.4 is 14.2 Å². The second-order valence-corrected chi connectivity index (χ2v) is 5.45. The topological polar surface area (TPSA) is 79.8 Å². The predicted molar refractivity (Wildman–Crippen MR) is 92.0 cm³/mol. The van der Waals surface area contributed by atoms with Crippen molar-refractivity contribution in [2.75, 3.05) is 20.8 Å². The summed E-state index contributed by atoms with van der Waals surface area (Å²) >= 11 is 6.19. The first-order valence-electron chi connectivity index (χ1n) is 7.61. The zero-order valence-corrected chi connectivity index (χ0v) is 15.2. The fraction of sp³-hybridized carbons (Fsp3) is 0.353. The third-order valence-electron chi connectivity index (χ3n) is 3.22. The Morgan fingerprint density at radius 1 is 1.16 bits per heavy atom. The maximum absolute atomic E-state index is 12.4. The Labute approximate surface area is 150 Å². The van der Waals surface area contributed by atoms with Crippen LogP contribution in [0, 0.1) is 6.92 Å². The number of benzene rings is 1. The van der Waals surface area contributed by atoms with Crippen LogP contribution in [-0.4, -0.2) is 36.8 Å². The van der Waals surface area contributed by atoms with Gasteiger partial charge in [0, 0.05) is 0 Å². The van der Waals surface area contributed by atoms with Gasteiger partial charge in [0.25, 0.3) is 0 Å². The van der Waals surface area contributed by atoms with Crippen molar-refractivity contribution in [3.63, 3.8) is 0 Å². The average molecular weight is 367 g/mol. The van der Waals surface area contributed by atoms with E-state index in [-0.39, 0.29) is 40.7 Å². The van der Waals surface area contributed by atoms with E-state index < -0.39 is 5.97 Å². The van der Waals surface area contributed by atoms with Gasteiger partial charge in [0.05, 0.1) is 31.9 Å². The average Bonchev–Trinajstić information content (AvgIpc) is 2.62. The Morgan fingerprint density at radius 3 is 2.36 bits per heavy atom. The number of ether oxygens (including phenoxy) is 4. The normalized spacial score (nSPS) is 10.3. The van der Waals surface area contributed by atoms with Crippen LogP contribution in [0.25, 0.3) is 0 Å². The molecule has 0 saturated heterocycles. The molecule has 0 spiro atoms. The van der Waals surface area contributed by atoms with E-state index in [4.69, 9.17) is 30.5 Å². The molecular weight excluding hydrogens is 348 g/mol. The molecule has 1 heterocycles. The number of nitrogens with zero attached hydrogens (tertiary/aromatic N) is 2. The zero-order valence-electron chi connectivity index (χ0n) is 14.5. The van der Waals surface area contributed by atoms with E-state index in [1.165, 1.54) is 20.3 Å². The first-order valence-corrected chi connectivity index (χ1v) is 7.99. The quantitative estimate of drug-likeness (QED) is 0.689. The molecule has 0 aliphatic rings. The summed E-state index contributed by atoms with van der Waals surface area (Å²) in [5.74, 6) is 0.178. The molecule has 1 aromatic carbocycles. The van der Waals surface area contributed by atoms with Gasteiger partial charge in [-0.25, -0.2) is 4.79 Å². The van der Waals surface area contributed by atoms with Crippen LogP contribution in [0.5, 0.6) is 23.5 Å². The van der Waals surface area contributed by atoms with Gasteiger partial charge in [0.2, 0.25) is 11.8 Å². The Kier molecular flexibility index (Phi) is 6.41. The van der Waals surface area contributed by atoms with E-state index in [9.17, 15) is 4.79 Å². The lowest BCUT2D eigenvalue weighted by molar-refractivity contribution is 0.0502. The van der Waals surface area contributed by atoms with E-state index in [1.807, 2.05) is 6.92 Å². The van der Waals surface area contributed by atoms with Crippen LogP contribution in [0.4, 0.5) is 0 Å². The fourth-order valence-electron chi connectivity index (χ4n) is 1.98. The lowest BCUT2D eigenvalue weighted by Crippen LogP contribution is -2.10. The monoisotopic (exact) mass is 366 g/mol. The van der Waals surface area contributed by atoms with Gasteiger partial charge in [-0.2, -0.15) is 9.97 Å². The number of aromatic nitrogens is 2. The van der Waals surface area contributed by atoms with Gasteiger partial charge in [-0.3, -0.25) is 0 Å². The lowest BCUT2D eigenvalue weighted by Gasteiger charge is -2.14. The highest BCUT2D eigenvalue weighted by Gasteiger charge is 2.22. The molecule has 0 atom stereocenters. The third kappa shape index (κ3) is 4.51. The number of rotatable bonds is 7.